The van der Waals surface area contributed by atoms with Crippen LogP contribution in [0.2, 0.25) is 0 Å². The third-order valence-corrected chi connectivity index (χ3v) is 3.84. The Labute approximate surface area is 107 Å². The number of piperidine rings is 1. The minimum absolute atomic E-state index is 0.0909. The predicted molar refractivity (Wildman–Crippen MR) is 69.6 cm³/mol. The van der Waals surface area contributed by atoms with E-state index in [1.165, 1.54) is 0 Å². The van der Waals surface area contributed by atoms with E-state index in [9.17, 15) is 0 Å². The van der Waals surface area contributed by atoms with Crippen LogP contribution in [0.15, 0.2) is 12.4 Å². The summed E-state index contributed by atoms with van der Waals surface area (Å²) in [7, 11) is 0. The molecule has 0 bridgehead atoms. The van der Waals surface area contributed by atoms with Crippen molar-refractivity contribution in [1.29, 1.82) is 0 Å². The van der Waals surface area contributed by atoms with E-state index < -0.39 is 0 Å². The molecule has 1 spiro atoms. The van der Waals surface area contributed by atoms with Gasteiger partial charge in [-0.25, -0.2) is 9.97 Å². The zero-order chi connectivity index (χ0) is 12.4. The van der Waals surface area contributed by atoms with Crippen LogP contribution in [0, 0.1) is 6.92 Å². The van der Waals surface area contributed by atoms with E-state index in [1.807, 2.05) is 19.3 Å². The number of nitrogens with one attached hydrogen (secondary N) is 2. The van der Waals surface area contributed by atoms with Crippen LogP contribution in [0.25, 0.3) is 0 Å². The van der Waals surface area contributed by atoms with Crippen molar-refractivity contribution in [2.24, 2.45) is 0 Å². The van der Waals surface area contributed by atoms with Gasteiger partial charge in [0.05, 0.1) is 18.2 Å². The molecule has 1 aromatic heterocycles. The highest BCUT2D eigenvalue weighted by molar-refractivity contribution is 5.27. The number of hydrogen-bond acceptors (Lipinski definition) is 5. The Bertz CT molecular complexity index is 400. The zero-order valence-corrected chi connectivity index (χ0v) is 10.8. The molecular formula is C13H20N4O. The first-order valence-corrected chi connectivity index (χ1v) is 6.66. The lowest BCUT2D eigenvalue weighted by molar-refractivity contribution is -0.0192. The molecule has 0 radical (unpaired) electrons. The van der Waals surface area contributed by atoms with Crippen LogP contribution in [-0.4, -0.2) is 41.3 Å². The van der Waals surface area contributed by atoms with Crippen LogP contribution in [0.1, 0.15) is 24.8 Å². The van der Waals surface area contributed by atoms with Gasteiger partial charge in [0.15, 0.2) is 0 Å². The molecule has 0 saturated carbocycles. The summed E-state index contributed by atoms with van der Waals surface area (Å²) in [6, 6.07) is 0.339. The second kappa shape index (κ2) is 4.82. The molecule has 5 heteroatoms. The second-order valence-corrected chi connectivity index (χ2v) is 5.37. The Morgan fingerprint density at radius 1 is 1.33 bits per heavy atom. The number of hydrogen-bond donors (Lipinski definition) is 2. The van der Waals surface area contributed by atoms with E-state index >= 15 is 0 Å². The molecule has 2 fully saturated rings. The highest BCUT2D eigenvalue weighted by Crippen LogP contribution is 2.34. The molecule has 2 aliphatic heterocycles. The Balaban J connectivity index is 1.60. The van der Waals surface area contributed by atoms with Gasteiger partial charge in [0.2, 0.25) is 5.95 Å². The van der Waals surface area contributed by atoms with Crippen LogP contribution in [-0.2, 0) is 4.74 Å². The smallest absolute Gasteiger partial charge is 0.222 e. The molecule has 2 N–H and O–H groups in total. The largest absolute Gasteiger partial charge is 0.373 e. The van der Waals surface area contributed by atoms with Crippen molar-refractivity contribution in [2.75, 3.05) is 25.0 Å². The Hall–Kier alpha value is -1.20. The van der Waals surface area contributed by atoms with Crippen molar-refractivity contribution < 1.29 is 4.74 Å². The number of ether oxygens (including phenoxy) is 1. The number of aryl methyl sites for hydroxylation is 1. The van der Waals surface area contributed by atoms with Gasteiger partial charge in [-0.15, -0.1) is 0 Å². The first kappa shape index (κ1) is 11.9. The van der Waals surface area contributed by atoms with Crippen LogP contribution in [0.5, 0.6) is 0 Å². The van der Waals surface area contributed by atoms with Crippen LogP contribution >= 0.6 is 0 Å². The van der Waals surface area contributed by atoms with E-state index in [4.69, 9.17) is 4.74 Å². The lowest BCUT2D eigenvalue weighted by Crippen LogP contribution is -2.41. The maximum Gasteiger partial charge on any atom is 0.222 e. The molecule has 3 rings (SSSR count). The van der Waals surface area contributed by atoms with Gasteiger partial charge in [-0.1, -0.05) is 0 Å². The first-order valence-electron chi connectivity index (χ1n) is 6.66. The summed E-state index contributed by atoms with van der Waals surface area (Å²) in [5.74, 6) is 0.709. The maximum atomic E-state index is 6.03. The second-order valence-electron chi connectivity index (χ2n) is 5.37. The first-order chi connectivity index (χ1) is 8.76. The van der Waals surface area contributed by atoms with Crippen molar-refractivity contribution in [3.8, 4) is 0 Å². The van der Waals surface area contributed by atoms with Gasteiger partial charge >= 0.3 is 0 Å². The van der Waals surface area contributed by atoms with Crippen molar-refractivity contribution in [2.45, 2.75) is 37.8 Å². The summed E-state index contributed by atoms with van der Waals surface area (Å²) in [4.78, 5) is 8.57. The molecule has 18 heavy (non-hydrogen) atoms. The van der Waals surface area contributed by atoms with Gasteiger partial charge in [0.1, 0.15) is 0 Å². The van der Waals surface area contributed by atoms with Gasteiger partial charge in [-0.05, 0) is 44.8 Å². The molecule has 0 amide bonds. The zero-order valence-electron chi connectivity index (χ0n) is 10.8. The maximum absolute atomic E-state index is 6.03. The summed E-state index contributed by atoms with van der Waals surface area (Å²) in [5, 5.41) is 6.75. The van der Waals surface area contributed by atoms with Crippen LogP contribution in [0.3, 0.4) is 0 Å². The third kappa shape index (κ3) is 2.47. The molecule has 98 valence electrons. The molecule has 1 aromatic rings. The highest BCUT2D eigenvalue weighted by Gasteiger charge is 2.41. The molecular weight excluding hydrogens is 228 g/mol. The fraction of sp³-hybridized carbons (Fsp3) is 0.692. The SMILES string of the molecule is Cc1cnc(NC2COC3(CCNCC3)C2)nc1. The molecule has 5 nitrogen and oxygen atoms in total. The molecule has 0 aliphatic carbocycles. The lowest BCUT2D eigenvalue weighted by Gasteiger charge is -2.32. The summed E-state index contributed by atoms with van der Waals surface area (Å²) in [5.41, 5.74) is 1.17. The molecule has 1 unspecified atom stereocenters. The van der Waals surface area contributed by atoms with Gasteiger partial charge in [-0.2, -0.15) is 0 Å². The van der Waals surface area contributed by atoms with Gasteiger partial charge in [-0.3, -0.25) is 0 Å². The Morgan fingerprint density at radius 2 is 2.06 bits per heavy atom. The van der Waals surface area contributed by atoms with Gasteiger partial charge in [0.25, 0.3) is 0 Å². The fourth-order valence-corrected chi connectivity index (χ4v) is 2.82. The Morgan fingerprint density at radius 3 is 2.78 bits per heavy atom. The number of rotatable bonds is 2. The number of anilines is 1. The van der Waals surface area contributed by atoms with Crippen LogP contribution in [0.4, 0.5) is 5.95 Å². The summed E-state index contributed by atoms with van der Waals surface area (Å²) in [6.45, 7) is 4.88. The molecule has 1 atom stereocenters. The summed E-state index contributed by atoms with van der Waals surface area (Å²) < 4.78 is 6.03. The summed E-state index contributed by atoms with van der Waals surface area (Å²) >= 11 is 0. The lowest BCUT2D eigenvalue weighted by atomic mass is 9.88. The quantitative estimate of drug-likeness (QED) is 0.821. The van der Waals surface area contributed by atoms with Gasteiger partial charge < -0.3 is 15.4 Å². The Kier molecular flexibility index (Phi) is 3.18. The number of nitrogens with zero attached hydrogens (tertiary/aromatic N) is 2. The molecule has 2 saturated heterocycles. The average molecular weight is 248 g/mol. The van der Waals surface area contributed by atoms with Gasteiger partial charge in [0, 0.05) is 12.4 Å². The normalized spacial score (nSPS) is 26.4. The monoisotopic (exact) mass is 248 g/mol. The minimum atomic E-state index is 0.0909. The van der Waals surface area contributed by atoms with E-state index in [-0.39, 0.29) is 5.60 Å². The van der Waals surface area contributed by atoms with Crippen molar-refractivity contribution >= 4 is 5.95 Å². The fourth-order valence-electron chi connectivity index (χ4n) is 2.82. The topological polar surface area (TPSA) is 59.1 Å². The summed E-state index contributed by atoms with van der Waals surface area (Å²) in [6.07, 6.45) is 6.96. The third-order valence-electron chi connectivity index (χ3n) is 3.84. The van der Waals surface area contributed by atoms with E-state index in [1.54, 1.807) is 0 Å². The standard InChI is InChI=1S/C13H20N4O/c1-10-7-15-12(16-8-10)17-11-6-13(18-9-11)2-4-14-5-3-13/h7-8,11,14H,2-6,9H2,1H3,(H,15,16,17). The molecule has 0 aromatic carbocycles. The minimum Gasteiger partial charge on any atom is -0.373 e. The van der Waals surface area contributed by atoms with E-state index in [0.717, 1.165) is 44.5 Å². The highest BCUT2D eigenvalue weighted by atomic mass is 16.5. The van der Waals surface area contributed by atoms with Crippen molar-refractivity contribution in [1.82, 2.24) is 15.3 Å². The predicted octanol–water partition coefficient (Wildman–Crippen LogP) is 1.11. The van der Waals surface area contributed by atoms with Crippen LogP contribution < -0.4 is 10.6 Å². The van der Waals surface area contributed by atoms with Crippen molar-refractivity contribution in [3.63, 3.8) is 0 Å². The number of aromatic nitrogens is 2. The van der Waals surface area contributed by atoms with Crippen molar-refractivity contribution in [3.05, 3.63) is 18.0 Å². The van der Waals surface area contributed by atoms with E-state index in [2.05, 4.69) is 20.6 Å². The van der Waals surface area contributed by atoms with E-state index in [0.29, 0.717) is 12.0 Å². The molecule has 2 aliphatic rings. The molecule has 3 heterocycles. The average Bonchev–Trinajstić information content (AvgIpc) is 2.76.